The number of nitrogens with two attached hydrogens (primary N) is 1. The van der Waals surface area contributed by atoms with Crippen molar-refractivity contribution in [1.82, 2.24) is 10.2 Å². The Bertz CT molecular complexity index is 330. The van der Waals surface area contributed by atoms with Gasteiger partial charge < -0.3 is 16.0 Å². The number of amides is 1. The molecule has 0 spiro atoms. The molecule has 2 atom stereocenters. The predicted molar refractivity (Wildman–Crippen MR) is 82.4 cm³/mol. The number of rotatable bonds is 8. The zero-order valence-electron chi connectivity index (χ0n) is 13.2. The summed E-state index contributed by atoms with van der Waals surface area (Å²) in [6, 6.07) is 0. The highest BCUT2D eigenvalue weighted by Gasteiger charge is 2.50. The van der Waals surface area contributed by atoms with E-state index in [1.165, 1.54) is 19.3 Å². The Balaban J connectivity index is 2.04. The van der Waals surface area contributed by atoms with Gasteiger partial charge in [0.15, 0.2) is 0 Å². The molecule has 1 saturated heterocycles. The molecule has 3 N–H and O–H groups in total. The Hall–Kier alpha value is -0.610. The number of nitrogens with one attached hydrogen (secondary N) is 1. The number of hydrogen-bond donors (Lipinski definition) is 2. The van der Waals surface area contributed by atoms with Crippen molar-refractivity contribution >= 4 is 5.91 Å². The third-order valence-electron chi connectivity index (χ3n) is 5.06. The van der Waals surface area contributed by atoms with Crippen molar-refractivity contribution < 1.29 is 4.79 Å². The van der Waals surface area contributed by atoms with E-state index in [1.807, 2.05) is 0 Å². The molecule has 2 unspecified atom stereocenters. The van der Waals surface area contributed by atoms with Crippen LogP contribution in [0.2, 0.25) is 0 Å². The minimum Gasteiger partial charge on any atom is -0.368 e. The van der Waals surface area contributed by atoms with Crippen molar-refractivity contribution in [3.63, 3.8) is 0 Å². The molecule has 1 heterocycles. The minimum atomic E-state index is -0.481. The van der Waals surface area contributed by atoms with Gasteiger partial charge in [0.25, 0.3) is 0 Å². The van der Waals surface area contributed by atoms with Crippen LogP contribution in [0.25, 0.3) is 0 Å². The number of carbonyl (C=O) groups is 1. The summed E-state index contributed by atoms with van der Waals surface area (Å²) in [7, 11) is 0. The summed E-state index contributed by atoms with van der Waals surface area (Å²) in [6.07, 6.45) is 7.16. The van der Waals surface area contributed by atoms with Gasteiger partial charge in [-0.3, -0.25) is 4.79 Å². The summed E-state index contributed by atoms with van der Waals surface area (Å²) in [5, 5.41) is 3.51. The Kier molecular flexibility index (Phi) is 5.44. The lowest BCUT2D eigenvalue weighted by Crippen LogP contribution is -2.64. The number of carbonyl (C=O) groups excluding carboxylic acids is 1. The Morgan fingerprint density at radius 1 is 1.35 bits per heavy atom. The molecule has 20 heavy (non-hydrogen) atoms. The van der Waals surface area contributed by atoms with Crippen molar-refractivity contribution in [3.8, 4) is 0 Å². The van der Waals surface area contributed by atoms with Crippen LogP contribution in [0.3, 0.4) is 0 Å². The second-order valence-corrected chi connectivity index (χ2v) is 6.69. The van der Waals surface area contributed by atoms with Crippen LogP contribution in [0.5, 0.6) is 0 Å². The Labute approximate surface area is 123 Å². The molecule has 1 aliphatic carbocycles. The molecule has 2 rings (SSSR count). The molecule has 1 aliphatic heterocycles. The molecule has 1 saturated carbocycles. The lowest BCUT2D eigenvalue weighted by atomic mass is 9.88. The van der Waals surface area contributed by atoms with E-state index in [-0.39, 0.29) is 5.91 Å². The highest BCUT2D eigenvalue weighted by molar-refractivity contribution is 5.86. The zero-order chi connectivity index (χ0) is 14.6. The second-order valence-electron chi connectivity index (χ2n) is 6.69. The van der Waals surface area contributed by atoms with Crippen LogP contribution in [0.15, 0.2) is 0 Å². The molecule has 0 radical (unpaired) electrons. The van der Waals surface area contributed by atoms with Gasteiger partial charge in [-0.05, 0) is 57.0 Å². The average molecular weight is 281 g/mol. The molecule has 2 aliphatic rings. The lowest BCUT2D eigenvalue weighted by molar-refractivity contribution is -0.126. The fourth-order valence-electron chi connectivity index (χ4n) is 3.60. The number of hydrogen-bond acceptors (Lipinski definition) is 3. The van der Waals surface area contributed by atoms with Gasteiger partial charge in [0.1, 0.15) is 5.54 Å². The van der Waals surface area contributed by atoms with E-state index in [1.54, 1.807) is 0 Å². The third kappa shape index (κ3) is 3.53. The quantitative estimate of drug-likeness (QED) is 0.712. The molecule has 0 bridgehead atoms. The molecule has 2 fully saturated rings. The van der Waals surface area contributed by atoms with Crippen molar-refractivity contribution in [1.29, 1.82) is 0 Å². The molecule has 4 heteroatoms. The summed E-state index contributed by atoms with van der Waals surface area (Å²) >= 11 is 0. The first-order valence-corrected chi connectivity index (χ1v) is 8.39. The van der Waals surface area contributed by atoms with Gasteiger partial charge in [-0.25, -0.2) is 0 Å². The third-order valence-corrected chi connectivity index (χ3v) is 5.06. The van der Waals surface area contributed by atoms with Crippen LogP contribution in [0, 0.1) is 11.8 Å². The molecule has 1 amide bonds. The van der Waals surface area contributed by atoms with E-state index in [4.69, 9.17) is 5.73 Å². The van der Waals surface area contributed by atoms with E-state index in [2.05, 4.69) is 24.1 Å². The summed E-state index contributed by atoms with van der Waals surface area (Å²) in [5.41, 5.74) is 5.33. The van der Waals surface area contributed by atoms with Crippen LogP contribution < -0.4 is 11.1 Å². The minimum absolute atomic E-state index is 0.146. The second kappa shape index (κ2) is 6.90. The van der Waals surface area contributed by atoms with Gasteiger partial charge in [-0.1, -0.05) is 20.3 Å². The van der Waals surface area contributed by atoms with E-state index < -0.39 is 5.54 Å². The zero-order valence-corrected chi connectivity index (χ0v) is 13.2. The smallest absolute Gasteiger partial charge is 0.239 e. The summed E-state index contributed by atoms with van der Waals surface area (Å²) < 4.78 is 0. The van der Waals surface area contributed by atoms with Crippen LogP contribution in [0.1, 0.15) is 52.4 Å². The van der Waals surface area contributed by atoms with Crippen molar-refractivity contribution in [2.75, 3.05) is 26.2 Å². The SMILES string of the molecule is CCCNC(CN1CCCC(CC)C1)(C(N)=O)C1CC1. The fourth-order valence-corrected chi connectivity index (χ4v) is 3.60. The maximum Gasteiger partial charge on any atom is 0.239 e. The molecule has 4 nitrogen and oxygen atoms in total. The summed E-state index contributed by atoms with van der Waals surface area (Å²) in [5.74, 6) is 1.10. The molecule has 0 aromatic rings. The Morgan fingerprint density at radius 2 is 2.10 bits per heavy atom. The van der Waals surface area contributed by atoms with Gasteiger partial charge in [0, 0.05) is 13.1 Å². The Morgan fingerprint density at radius 3 is 2.65 bits per heavy atom. The lowest BCUT2D eigenvalue weighted by Gasteiger charge is -2.40. The maximum atomic E-state index is 12.2. The van der Waals surface area contributed by atoms with Gasteiger partial charge in [0.05, 0.1) is 0 Å². The number of piperidine rings is 1. The van der Waals surface area contributed by atoms with E-state index in [0.29, 0.717) is 5.92 Å². The number of nitrogens with zero attached hydrogens (tertiary/aromatic N) is 1. The van der Waals surface area contributed by atoms with Crippen LogP contribution >= 0.6 is 0 Å². The summed E-state index contributed by atoms with van der Waals surface area (Å²) in [4.78, 5) is 14.6. The largest absolute Gasteiger partial charge is 0.368 e. The number of primary amides is 1. The van der Waals surface area contributed by atoms with Gasteiger partial charge in [-0.15, -0.1) is 0 Å². The van der Waals surface area contributed by atoms with Crippen molar-refractivity contribution in [2.24, 2.45) is 17.6 Å². The van der Waals surface area contributed by atoms with Gasteiger partial charge in [0.2, 0.25) is 5.91 Å². The topological polar surface area (TPSA) is 58.4 Å². The van der Waals surface area contributed by atoms with Gasteiger partial charge >= 0.3 is 0 Å². The molecular formula is C16H31N3O. The maximum absolute atomic E-state index is 12.2. The first-order chi connectivity index (χ1) is 9.62. The first kappa shape index (κ1) is 15.8. The molecule has 0 aromatic heterocycles. The highest BCUT2D eigenvalue weighted by atomic mass is 16.1. The molecule has 116 valence electrons. The van der Waals surface area contributed by atoms with Crippen LogP contribution in [-0.2, 0) is 4.79 Å². The van der Waals surface area contributed by atoms with E-state index >= 15 is 0 Å². The van der Waals surface area contributed by atoms with E-state index in [0.717, 1.165) is 51.4 Å². The average Bonchev–Trinajstić information content (AvgIpc) is 3.28. The van der Waals surface area contributed by atoms with Gasteiger partial charge in [-0.2, -0.15) is 0 Å². The normalized spacial score (nSPS) is 27.2. The number of likely N-dealkylation sites (tertiary alicyclic amines) is 1. The monoisotopic (exact) mass is 281 g/mol. The van der Waals surface area contributed by atoms with Crippen LogP contribution in [-0.4, -0.2) is 42.5 Å². The predicted octanol–water partition coefficient (Wildman–Crippen LogP) is 1.74. The first-order valence-electron chi connectivity index (χ1n) is 8.39. The van der Waals surface area contributed by atoms with Crippen molar-refractivity contribution in [2.45, 2.75) is 57.9 Å². The van der Waals surface area contributed by atoms with Crippen molar-refractivity contribution in [3.05, 3.63) is 0 Å². The molecular weight excluding hydrogens is 250 g/mol. The summed E-state index contributed by atoms with van der Waals surface area (Å²) in [6.45, 7) is 8.34. The molecule has 0 aromatic carbocycles. The standard InChI is InChI=1S/C16H31N3O/c1-3-9-18-16(15(17)20,14-7-8-14)12-19-10-5-6-13(4-2)11-19/h13-14,18H,3-12H2,1-2H3,(H2,17,20). The fraction of sp³-hybridized carbons (Fsp3) is 0.938. The van der Waals surface area contributed by atoms with E-state index in [9.17, 15) is 4.79 Å². The van der Waals surface area contributed by atoms with Crippen LogP contribution in [0.4, 0.5) is 0 Å². The highest BCUT2D eigenvalue weighted by Crippen LogP contribution is 2.40.